The third-order valence-electron chi connectivity index (χ3n) is 1.12. The quantitative estimate of drug-likeness (QED) is 0.293. The molecule has 2 N–H and O–H groups in total. The zero-order valence-electron chi connectivity index (χ0n) is 6.87. The molecule has 0 saturated heterocycles. The lowest BCUT2D eigenvalue weighted by Crippen LogP contribution is -2.43. The summed E-state index contributed by atoms with van der Waals surface area (Å²) in [6.45, 7) is -0.829. The lowest BCUT2D eigenvalue weighted by Gasteiger charge is -2.10. The highest BCUT2D eigenvalue weighted by Gasteiger charge is 2.18. The van der Waals surface area contributed by atoms with Crippen LogP contribution in [0.25, 0.3) is 0 Å². The Hall–Kier alpha value is -1.51. The number of hydrogen-bond acceptors (Lipinski definition) is 6. The fourth-order valence-corrected chi connectivity index (χ4v) is 0.780. The Morgan fingerprint density at radius 2 is 2.21 bits per heavy atom. The van der Waals surface area contributed by atoms with Gasteiger partial charge in [-0.2, -0.15) is 12.6 Å². The van der Waals surface area contributed by atoms with Crippen LogP contribution in [-0.2, 0) is 14.4 Å². The lowest BCUT2D eigenvalue weighted by molar-refractivity contribution is -0.754. The molecule has 0 bridgehead atoms. The van der Waals surface area contributed by atoms with Crippen LogP contribution in [0.3, 0.4) is 0 Å². The molecule has 0 aromatic carbocycles. The van der Waals surface area contributed by atoms with Crippen LogP contribution >= 0.6 is 12.6 Å². The van der Waals surface area contributed by atoms with Gasteiger partial charge in [0.25, 0.3) is 5.09 Å². The Labute approximate surface area is 83.7 Å². The van der Waals surface area contributed by atoms with E-state index in [1.54, 1.807) is 0 Å². The molecule has 9 heteroatoms. The topological polar surface area (TPSA) is 119 Å². The fraction of sp³-hybridized carbons (Fsp3) is 0.600. The average molecular weight is 224 g/mol. The van der Waals surface area contributed by atoms with E-state index in [1.165, 1.54) is 0 Å². The number of nitrogens with zero attached hydrogens (tertiary/aromatic N) is 1. The molecule has 0 aromatic rings. The van der Waals surface area contributed by atoms with Crippen LogP contribution in [-0.4, -0.2) is 40.5 Å². The van der Waals surface area contributed by atoms with Gasteiger partial charge in [-0.1, -0.05) is 0 Å². The van der Waals surface area contributed by atoms with Crippen LogP contribution < -0.4 is 5.32 Å². The number of carboxylic acid groups (broad SMARTS) is 1. The zero-order valence-corrected chi connectivity index (χ0v) is 7.77. The maximum absolute atomic E-state index is 10.8. The van der Waals surface area contributed by atoms with Crippen molar-refractivity contribution >= 4 is 24.5 Å². The van der Waals surface area contributed by atoms with Gasteiger partial charge in [-0.05, 0) is 0 Å². The van der Waals surface area contributed by atoms with Crippen molar-refractivity contribution in [2.75, 3.05) is 12.4 Å². The monoisotopic (exact) mass is 224 g/mol. The normalized spacial score (nSPS) is 11.5. The minimum Gasteiger partial charge on any atom is -0.480 e. The van der Waals surface area contributed by atoms with E-state index in [2.05, 4.69) is 17.5 Å². The summed E-state index contributed by atoms with van der Waals surface area (Å²) in [7, 11) is 0. The maximum Gasteiger partial charge on any atom is 0.327 e. The molecule has 1 unspecified atom stereocenters. The van der Waals surface area contributed by atoms with Gasteiger partial charge in [0, 0.05) is 5.75 Å². The van der Waals surface area contributed by atoms with Gasteiger partial charge in [0.05, 0.1) is 0 Å². The summed E-state index contributed by atoms with van der Waals surface area (Å²) in [6.07, 6.45) is 0. The maximum atomic E-state index is 10.8. The Balaban J connectivity index is 3.91. The number of amides is 1. The van der Waals surface area contributed by atoms with Crippen LogP contribution in [0.4, 0.5) is 0 Å². The third-order valence-corrected chi connectivity index (χ3v) is 1.48. The van der Waals surface area contributed by atoms with Gasteiger partial charge < -0.3 is 15.3 Å². The number of hydrogen-bond donors (Lipinski definition) is 3. The number of carboxylic acids is 1. The van der Waals surface area contributed by atoms with E-state index in [9.17, 15) is 19.7 Å². The number of aliphatic carboxylic acids is 1. The molecule has 0 rings (SSSR count). The van der Waals surface area contributed by atoms with Crippen molar-refractivity contribution < 1.29 is 24.6 Å². The van der Waals surface area contributed by atoms with Gasteiger partial charge in [-0.25, -0.2) is 4.79 Å². The molecule has 1 atom stereocenters. The summed E-state index contributed by atoms with van der Waals surface area (Å²) in [5.74, 6) is -2.27. The summed E-state index contributed by atoms with van der Waals surface area (Å²) in [5.41, 5.74) is 0. The summed E-state index contributed by atoms with van der Waals surface area (Å²) >= 11 is 3.67. The van der Waals surface area contributed by atoms with Crippen molar-refractivity contribution in [2.45, 2.75) is 6.04 Å². The van der Waals surface area contributed by atoms with Gasteiger partial charge in [0.1, 0.15) is 6.04 Å². The second-order valence-electron chi connectivity index (χ2n) is 2.14. The number of carbonyl (C=O) groups is 2. The second kappa shape index (κ2) is 6.02. The second-order valence-corrected chi connectivity index (χ2v) is 2.50. The van der Waals surface area contributed by atoms with Crippen LogP contribution in [0.15, 0.2) is 0 Å². The minimum absolute atomic E-state index is 0.112. The van der Waals surface area contributed by atoms with Crippen molar-refractivity contribution in [3.05, 3.63) is 10.1 Å². The lowest BCUT2D eigenvalue weighted by atomic mass is 10.3. The van der Waals surface area contributed by atoms with Gasteiger partial charge >= 0.3 is 5.97 Å². The van der Waals surface area contributed by atoms with Gasteiger partial charge in [-0.3, -0.25) is 4.79 Å². The van der Waals surface area contributed by atoms with Crippen molar-refractivity contribution in [1.29, 1.82) is 0 Å². The summed E-state index contributed by atoms with van der Waals surface area (Å²) in [5, 5.41) is 19.0. The van der Waals surface area contributed by atoms with E-state index in [4.69, 9.17) is 5.11 Å². The zero-order chi connectivity index (χ0) is 11.1. The van der Waals surface area contributed by atoms with Crippen LogP contribution in [0, 0.1) is 10.1 Å². The smallest absolute Gasteiger partial charge is 0.327 e. The van der Waals surface area contributed by atoms with Crippen molar-refractivity contribution in [2.24, 2.45) is 0 Å². The van der Waals surface area contributed by atoms with E-state index in [0.717, 1.165) is 0 Å². The molecule has 0 aliphatic heterocycles. The highest BCUT2D eigenvalue weighted by Crippen LogP contribution is 1.88. The molecular weight excluding hydrogens is 216 g/mol. The Morgan fingerprint density at radius 1 is 1.64 bits per heavy atom. The third kappa shape index (κ3) is 5.19. The number of nitrogens with one attached hydrogen (secondary N) is 1. The molecule has 8 nitrogen and oxygen atoms in total. The summed E-state index contributed by atoms with van der Waals surface area (Å²) in [6, 6.07) is -1.18. The van der Waals surface area contributed by atoms with Crippen LogP contribution in [0.2, 0.25) is 0 Å². The average Bonchev–Trinajstić information content (AvgIpc) is 2.10. The van der Waals surface area contributed by atoms with E-state index in [1.807, 2.05) is 5.32 Å². The number of carbonyl (C=O) groups excluding carboxylic acids is 1. The first-order chi connectivity index (χ1) is 6.47. The predicted molar refractivity (Wildman–Crippen MR) is 46.4 cm³/mol. The standard InChI is InChI=1S/C5H8N2O6S/c8-4(1-13-7(11)12)6-3(2-14)5(9)10/h3,14H,1-2H2,(H,6,8)(H,9,10). The molecule has 1 amide bonds. The minimum atomic E-state index is -1.27. The SMILES string of the molecule is O=C(CO[N+](=O)[O-])NC(CS)C(=O)O. The Morgan fingerprint density at radius 3 is 2.57 bits per heavy atom. The highest BCUT2D eigenvalue weighted by atomic mass is 32.1. The largest absolute Gasteiger partial charge is 0.480 e. The van der Waals surface area contributed by atoms with Gasteiger partial charge in [-0.15, -0.1) is 10.1 Å². The molecule has 0 aliphatic carbocycles. The molecule has 0 aliphatic rings. The first kappa shape index (κ1) is 12.5. The fourth-order valence-electron chi connectivity index (χ4n) is 0.533. The van der Waals surface area contributed by atoms with Gasteiger partial charge in [0.2, 0.25) is 5.91 Å². The van der Waals surface area contributed by atoms with Crippen molar-refractivity contribution in [3.8, 4) is 0 Å². The highest BCUT2D eigenvalue weighted by molar-refractivity contribution is 7.80. The van der Waals surface area contributed by atoms with Crippen molar-refractivity contribution in [3.63, 3.8) is 0 Å². The number of thiol groups is 1. The first-order valence-corrected chi connectivity index (χ1v) is 4.01. The molecule has 0 saturated carbocycles. The van der Waals surface area contributed by atoms with E-state index < -0.39 is 29.6 Å². The number of rotatable bonds is 6. The molecule has 0 radical (unpaired) electrons. The molecular formula is C5H8N2O6S. The molecule has 14 heavy (non-hydrogen) atoms. The van der Waals surface area contributed by atoms with E-state index in [-0.39, 0.29) is 5.75 Å². The molecule has 0 aromatic heterocycles. The van der Waals surface area contributed by atoms with Crippen LogP contribution in [0.1, 0.15) is 0 Å². The molecule has 0 heterocycles. The molecule has 0 fully saturated rings. The Bertz CT molecular complexity index is 244. The first-order valence-electron chi connectivity index (χ1n) is 3.37. The van der Waals surface area contributed by atoms with Gasteiger partial charge in [0.15, 0.2) is 6.61 Å². The molecule has 0 spiro atoms. The van der Waals surface area contributed by atoms with E-state index >= 15 is 0 Å². The molecule has 80 valence electrons. The van der Waals surface area contributed by atoms with E-state index in [0.29, 0.717) is 0 Å². The summed E-state index contributed by atoms with van der Waals surface area (Å²) in [4.78, 5) is 34.5. The Kier molecular flexibility index (Phi) is 5.37. The van der Waals surface area contributed by atoms with Crippen molar-refractivity contribution in [1.82, 2.24) is 5.32 Å². The predicted octanol–water partition coefficient (Wildman–Crippen LogP) is -1.31. The van der Waals surface area contributed by atoms with Crippen LogP contribution in [0.5, 0.6) is 0 Å². The summed E-state index contributed by atoms with van der Waals surface area (Å²) < 4.78 is 0.